The molecule has 3 nitrogen and oxygen atoms in total. The van der Waals surface area contributed by atoms with E-state index in [1.165, 1.54) is 0 Å². The Morgan fingerprint density at radius 3 is 2.76 bits per heavy atom. The van der Waals surface area contributed by atoms with Gasteiger partial charge in [-0.05, 0) is 49.3 Å². The fourth-order valence-corrected chi connectivity index (χ4v) is 1.73. The van der Waals surface area contributed by atoms with Gasteiger partial charge in [-0.3, -0.25) is 0 Å². The molecule has 4 heteroatoms. The molecule has 0 atom stereocenters. The van der Waals surface area contributed by atoms with Crippen LogP contribution in [0, 0.1) is 6.92 Å². The molecule has 0 radical (unpaired) electrons. The van der Waals surface area contributed by atoms with E-state index in [9.17, 15) is 0 Å². The number of nitrogens with one attached hydrogen (secondary N) is 2. The van der Waals surface area contributed by atoms with Crippen molar-refractivity contribution in [2.45, 2.75) is 26.7 Å². The summed E-state index contributed by atoms with van der Waals surface area (Å²) < 4.78 is 5.21. The molecule has 0 aliphatic heterocycles. The predicted octanol–water partition coefficient (Wildman–Crippen LogP) is 3.09. The second kappa shape index (κ2) is 7.12. The Kier molecular flexibility index (Phi) is 5.77. The Bertz CT molecular complexity index is 380. The van der Waals surface area contributed by atoms with Gasteiger partial charge in [0.2, 0.25) is 0 Å². The van der Waals surface area contributed by atoms with Gasteiger partial charge in [-0.25, -0.2) is 0 Å². The molecular weight excluding hydrogens is 232 g/mol. The number of aryl methyl sites for hydroxylation is 1. The van der Waals surface area contributed by atoms with E-state index in [0.717, 1.165) is 36.4 Å². The lowest BCUT2D eigenvalue weighted by atomic mass is 10.2. The van der Waals surface area contributed by atoms with Crippen molar-refractivity contribution >= 4 is 23.0 Å². The Morgan fingerprint density at radius 2 is 2.18 bits per heavy atom. The zero-order chi connectivity index (χ0) is 12.7. The van der Waals surface area contributed by atoms with Crippen molar-refractivity contribution in [3.63, 3.8) is 0 Å². The summed E-state index contributed by atoms with van der Waals surface area (Å²) >= 11 is 5.20. The third kappa shape index (κ3) is 4.61. The van der Waals surface area contributed by atoms with Gasteiger partial charge < -0.3 is 15.4 Å². The third-order valence-corrected chi connectivity index (χ3v) is 2.72. The standard InChI is InChI=1S/C13H20N2OS/c1-4-5-8-14-13(17)15-11-6-7-12(16-3)10(2)9-11/h6-7,9H,4-5,8H2,1-3H3,(H2,14,15,17). The molecule has 0 bridgehead atoms. The Balaban J connectivity index is 2.51. The first-order valence-corrected chi connectivity index (χ1v) is 6.27. The second-order valence-electron chi connectivity index (χ2n) is 3.92. The summed E-state index contributed by atoms with van der Waals surface area (Å²) in [7, 11) is 1.67. The maximum Gasteiger partial charge on any atom is 0.170 e. The summed E-state index contributed by atoms with van der Waals surface area (Å²) in [6, 6.07) is 5.92. The topological polar surface area (TPSA) is 33.3 Å². The third-order valence-electron chi connectivity index (χ3n) is 2.47. The average Bonchev–Trinajstić information content (AvgIpc) is 2.29. The number of thiocarbonyl (C=S) groups is 1. The molecule has 1 aromatic rings. The molecule has 0 aromatic heterocycles. The monoisotopic (exact) mass is 252 g/mol. The number of rotatable bonds is 5. The van der Waals surface area contributed by atoms with E-state index in [1.54, 1.807) is 7.11 Å². The van der Waals surface area contributed by atoms with Crippen LogP contribution in [0.1, 0.15) is 25.3 Å². The highest BCUT2D eigenvalue weighted by Gasteiger charge is 2.01. The van der Waals surface area contributed by atoms with Gasteiger partial charge in [0.25, 0.3) is 0 Å². The molecule has 0 fully saturated rings. The molecule has 1 aromatic carbocycles. The Hall–Kier alpha value is -1.29. The summed E-state index contributed by atoms with van der Waals surface area (Å²) in [6.07, 6.45) is 2.29. The summed E-state index contributed by atoms with van der Waals surface area (Å²) in [5.41, 5.74) is 2.08. The molecule has 2 N–H and O–H groups in total. The van der Waals surface area contributed by atoms with Crippen LogP contribution in [-0.2, 0) is 0 Å². The smallest absolute Gasteiger partial charge is 0.170 e. The van der Waals surface area contributed by atoms with Crippen LogP contribution < -0.4 is 15.4 Å². The average molecular weight is 252 g/mol. The minimum absolute atomic E-state index is 0.669. The highest BCUT2D eigenvalue weighted by atomic mass is 32.1. The number of anilines is 1. The van der Waals surface area contributed by atoms with E-state index in [-0.39, 0.29) is 0 Å². The second-order valence-corrected chi connectivity index (χ2v) is 4.33. The first-order valence-electron chi connectivity index (χ1n) is 5.87. The lowest BCUT2D eigenvalue weighted by molar-refractivity contribution is 0.412. The van der Waals surface area contributed by atoms with E-state index in [2.05, 4.69) is 17.6 Å². The number of unbranched alkanes of at least 4 members (excludes halogenated alkanes) is 1. The highest BCUT2D eigenvalue weighted by Crippen LogP contribution is 2.21. The van der Waals surface area contributed by atoms with E-state index >= 15 is 0 Å². The lowest BCUT2D eigenvalue weighted by Crippen LogP contribution is -2.29. The van der Waals surface area contributed by atoms with Gasteiger partial charge in [0.1, 0.15) is 5.75 Å². The zero-order valence-corrected chi connectivity index (χ0v) is 11.5. The largest absolute Gasteiger partial charge is 0.496 e. The summed E-state index contributed by atoms with van der Waals surface area (Å²) in [4.78, 5) is 0. The van der Waals surface area contributed by atoms with Crippen molar-refractivity contribution < 1.29 is 4.74 Å². The number of benzene rings is 1. The van der Waals surface area contributed by atoms with Crippen LogP contribution >= 0.6 is 12.2 Å². The molecule has 0 amide bonds. The van der Waals surface area contributed by atoms with Crippen LogP contribution in [0.4, 0.5) is 5.69 Å². The minimum Gasteiger partial charge on any atom is -0.496 e. The zero-order valence-electron chi connectivity index (χ0n) is 10.7. The number of hydrogen-bond donors (Lipinski definition) is 2. The molecule has 0 saturated heterocycles. The molecule has 0 heterocycles. The molecule has 94 valence electrons. The van der Waals surface area contributed by atoms with Crippen LogP contribution in [0.15, 0.2) is 18.2 Å². The van der Waals surface area contributed by atoms with Gasteiger partial charge in [-0.1, -0.05) is 13.3 Å². The van der Waals surface area contributed by atoms with Gasteiger partial charge in [0.15, 0.2) is 5.11 Å². The van der Waals surface area contributed by atoms with E-state index in [0.29, 0.717) is 5.11 Å². The summed E-state index contributed by atoms with van der Waals surface area (Å²) in [5, 5.41) is 7.00. The number of ether oxygens (including phenoxy) is 1. The van der Waals surface area contributed by atoms with Crippen LogP contribution in [0.2, 0.25) is 0 Å². The van der Waals surface area contributed by atoms with Gasteiger partial charge in [0, 0.05) is 12.2 Å². The normalized spacial score (nSPS) is 9.82. The Labute approximate surface area is 109 Å². The van der Waals surface area contributed by atoms with Crippen LogP contribution in [0.3, 0.4) is 0 Å². The summed E-state index contributed by atoms with van der Waals surface area (Å²) in [5.74, 6) is 0.889. The number of methoxy groups -OCH3 is 1. The Morgan fingerprint density at radius 1 is 1.41 bits per heavy atom. The maximum atomic E-state index is 5.21. The SMILES string of the molecule is CCCCNC(=S)Nc1ccc(OC)c(C)c1. The van der Waals surface area contributed by atoms with Gasteiger partial charge >= 0.3 is 0 Å². The van der Waals surface area contributed by atoms with Crippen molar-refractivity contribution in [1.29, 1.82) is 0 Å². The number of hydrogen-bond acceptors (Lipinski definition) is 2. The quantitative estimate of drug-likeness (QED) is 0.623. The predicted molar refractivity (Wildman–Crippen MR) is 76.9 cm³/mol. The molecular formula is C13H20N2OS. The van der Waals surface area contributed by atoms with Crippen LogP contribution in [0.5, 0.6) is 5.75 Å². The van der Waals surface area contributed by atoms with Crippen molar-refractivity contribution in [3.05, 3.63) is 23.8 Å². The lowest BCUT2D eigenvalue weighted by Gasteiger charge is -2.12. The molecule has 0 unspecified atom stereocenters. The minimum atomic E-state index is 0.669. The fourth-order valence-electron chi connectivity index (χ4n) is 1.51. The molecule has 0 spiro atoms. The van der Waals surface area contributed by atoms with Crippen molar-refractivity contribution in [1.82, 2.24) is 5.32 Å². The van der Waals surface area contributed by atoms with Crippen LogP contribution in [0.25, 0.3) is 0 Å². The van der Waals surface area contributed by atoms with E-state index < -0.39 is 0 Å². The first kappa shape index (κ1) is 13.8. The van der Waals surface area contributed by atoms with Gasteiger partial charge in [0.05, 0.1) is 7.11 Å². The maximum absolute atomic E-state index is 5.21. The van der Waals surface area contributed by atoms with Gasteiger partial charge in [-0.2, -0.15) is 0 Å². The summed E-state index contributed by atoms with van der Waals surface area (Å²) in [6.45, 7) is 5.08. The molecule has 0 saturated carbocycles. The molecule has 0 aliphatic carbocycles. The first-order chi connectivity index (χ1) is 8.17. The van der Waals surface area contributed by atoms with Crippen molar-refractivity contribution in [3.8, 4) is 5.75 Å². The molecule has 17 heavy (non-hydrogen) atoms. The van der Waals surface area contributed by atoms with E-state index in [4.69, 9.17) is 17.0 Å². The van der Waals surface area contributed by atoms with Crippen molar-refractivity contribution in [2.24, 2.45) is 0 Å². The highest BCUT2D eigenvalue weighted by molar-refractivity contribution is 7.80. The molecule has 1 rings (SSSR count). The van der Waals surface area contributed by atoms with Crippen LogP contribution in [-0.4, -0.2) is 18.8 Å². The fraction of sp³-hybridized carbons (Fsp3) is 0.462. The molecule has 0 aliphatic rings. The van der Waals surface area contributed by atoms with Crippen molar-refractivity contribution in [2.75, 3.05) is 19.0 Å². The van der Waals surface area contributed by atoms with Gasteiger partial charge in [-0.15, -0.1) is 0 Å². The van der Waals surface area contributed by atoms with E-state index in [1.807, 2.05) is 25.1 Å².